The van der Waals surface area contributed by atoms with Gasteiger partial charge in [-0.3, -0.25) is 9.48 Å². The Morgan fingerprint density at radius 1 is 0.949 bits per heavy atom. The number of carbonyl (C=O) groups excluding carboxylic acids is 1. The minimum absolute atomic E-state index is 0.165. The number of anilines is 1. The van der Waals surface area contributed by atoms with E-state index >= 15 is 0 Å². The van der Waals surface area contributed by atoms with Crippen LogP contribution in [0.3, 0.4) is 0 Å². The lowest BCUT2D eigenvalue weighted by atomic mass is 9.78. The van der Waals surface area contributed by atoms with Crippen molar-refractivity contribution in [1.29, 1.82) is 0 Å². The molecule has 1 aromatic heterocycles. The number of aromatic nitrogens is 2. The van der Waals surface area contributed by atoms with E-state index in [2.05, 4.69) is 70.3 Å². The lowest BCUT2D eigenvalue weighted by molar-refractivity contribution is -0.123. The number of nitrogens with zero attached hydrogens (tertiary/aromatic N) is 3. The quantitative estimate of drug-likeness (QED) is 0.299. The molecule has 0 N–H and O–H groups in total. The maximum Gasteiger partial charge on any atom is 0.230 e. The summed E-state index contributed by atoms with van der Waals surface area (Å²) in [5, 5.41) is 4.61. The number of hydrogen-bond acceptors (Lipinski definition) is 3. The van der Waals surface area contributed by atoms with Crippen molar-refractivity contribution in [3.8, 4) is 16.9 Å². The fraction of sp³-hybridized carbons (Fsp3) is 0.529. The van der Waals surface area contributed by atoms with Crippen molar-refractivity contribution < 1.29 is 9.53 Å². The zero-order valence-corrected chi connectivity index (χ0v) is 23.6. The zero-order chi connectivity index (χ0) is 26.8. The van der Waals surface area contributed by atoms with Crippen molar-refractivity contribution in [2.75, 3.05) is 18.6 Å². The van der Waals surface area contributed by atoms with Gasteiger partial charge >= 0.3 is 0 Å². The van der Waals surface area contributed by atoms with Crippen molar-refractivity contribution in [3.05, 3.63) is 66.0 Å². The third-order valence-electron chi connectivity index (χ3n) is 9.41. The smallest absolute Gasteiger partial charge is 0.230 e. The molecule has 3 aliphatic carbocycles. The lowest BCUT2D eigenvalue weighted by Gasteiger charge is -2.35. The fourth-order valence-electron chi connectivity index (χ4n) is 6.86. The number of benzene rings is 2. The Kier molecular flexibility index (Phi) is 7.76. The van der Waals surface area contributed by atoms with Crippen LogP contribution in [0.1, 0.15) is 93.7 Å². The van der Waals surface area contributed by atoms with E-state index in [1.807, 2.05) is 6.20 Å². The highest BCUT2D eigenvalue weighted by molar-refractivity contribution is 5.95. The number of methoxy groups -OCH3 is 1. The molecule has 5 nitrogen and oxygen atoms in total. The first-order valence-electron chi connectivity index (χ1n) is 15.2. The molecule has 39 heavy (non-hydrogen) atoms. The van der Waals surface area contributed by atoms with Gasteiger partial charge in [0, 0.05) is 29.9 Å². The van der Waals surface area contributed by atoms with Crippen LogP contribution in [0.2, 0.25) is 0 Å². The predicted octanol–water partition coefficient (Wildman–Crippen LogP) is 8.09. The summed E-state index contributed by atoms with van der Waals surface area (Å²) < 4.78 is 7.58. The van der Waals surface area contributed by atoms with Gasteiger partial charge in [0.05, 0.1) is 19.3 Å². The zero-order valence-electron chi connectivity index (χ0n) is 23.6. The van der Waals surface area contributed by atoms with Crippen molar-refractivity contribution in [3.63, 3.8) is 0 Å². The van der Waals surface area contributed by atoms with Crippen LogP contribution in [0.5, 0.6) is 5.75 Å². The summed E-state index contributed by atoms with van der Waals surface area (Å²) in [4.78, 5) is 16.2. The molecule has 2 aromatic carbocycles. The van der Waals surface area contributed by atoms with Gasteiger partial charge in [0.1, 0.15) is 5.75 Å². The second-order valence-electron chi connectivity index (χ2n) is 12.2. The standard InChI is InChI=1S/C34H43N3O2/c1-24-19-29(15-18-33(24)39-2)26-13-11-25(12-14-26)22-36(34(38)27-7-4-3-5-8-27)32-10-6-9-28(20-32)30-21-35-37(23-30)31-16-17-31/h6,9-10,15,18-21,23,25-27,31H,3-5,7-8,11-14,16-17,22H2,1-2H3. The molecule has 3 aliphatic rings. The number of aryl methyl sites for hydroxylation is 1. The molecule has 0 unspecified atom stereocenters. The minimum atomic E-state index is 0.165. The van der Waals surface area contributed by atoms with Gasteiger partial charge in [0.25, 0.3) is 0 Å². The van der Waals surface area contributed by atoms with Crippen LogP contribution in [0.15, 0.2) is 54.9 Å². The first kappa shape index (κ1) is 26.2. The molecule has 0 spiro atoms. The molecule has 1 heterocycles. The van der Waals surface area contributed by atoms with Crippen LogP contribution in [-0.2, 0) is 4.79 Å². The van der Waals surface area contributed by atoms with Gasteiger partial charge < -0.3 is 9.64 Å². The van der Waals surface area contributed by atoms with Gasteiger partial charge in [0.15, 0.2) is 0 Å². The third-order valence-corrected chi connectivity index (χ3v) is 9.41. The Morgan fingerprint density at radius 3 is 2.46 bits per heavy atom. The molecular formula is C34H43N3O2. The van der Waals surface area contributed by atoms with Crippen LogP contribution < -0.4 is 9.64 Å². The van der Waals surface area contributed by atoms with E-state index < -0.39 is 0 Å². The molecule has 5 heteroatoms. The average molecular weight is 526 g/mol. The molecule has 0 aliphatic heterocycles. The van der Waals surface area contributed by atoms with Gasteiger partial charge in [-0.15, -0.1) is 0 Å². The lowest BCUT2D eigenvalue weighted by Crippen LogP contribution is -2.41. The van der Waals surface area contributed by atoms with Gasteiger partial charge in [0.2, 0.25) is 5.91 Å². The number of ether oxygens (including phenoxy) is 1. The molecule has 0 saturated heterocycles. The molecule has 3 fully saturated rings. The summed E-state index contributed by atoms with van der Waals surface area (Å²) in [6.07, 6.45) is 17.0. The predicted molar refractivity (Wildman–Crippen MR) is 157 cm³/mol. The van der Waals surface area contributed by atoms with E-state index in [0.717, 1.165) is 54.8 Å². The van der Waals surface area contributed by atoms with Gasteiger partial charge in [-0.05, 0) is 105 Å². The van der Waals surface area contributed by atoms with Crippen LogP contribution in [0, 0.1) is 18.8 Å². The van der Waals surface area contributed by atoms with E-state index in [-0.39, 0.29) is 5.92 Å². The van der Waals surface area contributed by atoms with Crippen LogP contribution in [0.4, 0.5) is 5.69 Å². The van der Waals surface area contributed by atoms with E-state index in [1.54, 1.807) is 7.11 Å². The monoisotopic (exact) mass is 525 g/mol. The fourth-order valence-corrected chi connectivity index (χ4v) is 6.86. The van der Waals surface area contributed by atoms with Crippen LogP contribution >= 0.6 is 0 Å². The first-order valence-corrected chi connectivity index (χ1v) is 15.2. The van der Waals surface area contributed by atoms with Crippen molar-refractivity contribution in [1.82, 2.24) is 9.78 Å². The van der Waals surface area contributed by atoms with Crippen molar-refractivity contribution in [2.24, 2.45) is 11.8 Å². The van der Waals surface area contributed by atoms with Crippen molar-refractivity contribution in [2.45, 2.75) is 89.5 Å². The van der Waals surface area contributed by atoms with Crippen molar-refractivity contribution >= 4 is 11.6 Å². The van der Waals surface area contributed by atoms with Gasteiger partial charge in [-0.25, -0.2) is 0 Å². The highest BCUT2D eigenvalue weighted by atomic mass is 16.5. The summed E-state index contributed by atoms with van der Waals surface area (Å²) in [7, 11) is 1.74. The summed E-state index contributed by atoms with van der Waals surface area (Å²) in [5.41, 5.74) is 5.99. The summed E-state index contributed by atoms with van der Waals surface area (Å²) >= 11 is 0. The van der Waals surface area contributed by atoms with Crippen LogP contribution in [0.25, 0.3) is 11.1 Å². The normalized spacial score (nSPS) is 22.0. The Hall–Kier alpha value is -3.08. The number of carbonyl (C=O) groups is 1. The summed E-state index contributed by atoms with van der Waals surface area (Å²) in [6, 6.07) is 15.9. The molecule has 3 aromatic rings. The van der Waals surface area contributed by atoms with Gasteiger partial charge in [-0.2, -0.15) is 5.10 Å². The second-order valence-corrected chi connectivity index (χ2v) is 12.2. The molecule has 0 radical (unpaired) electrons. The Balaban J connectivity index is 1.19. The van der Waals surface area contributed by atoms with E-state index in [4.69, 9.17) is 4.74 Å². The number of hydrogen-bond donors (Lipinski definition) is 0. The summed E-state index contributed by atoms with van der Waals surface area (Å²) in [6.45, 7) is 2.96. The van der Waals surface area contributed by atoms with E-state index in [9.17, 15) is 4.79 Å². The molecule has 0 atom stereocenters. The maximum absolute atomic E-state index is 14.0. The van der Waals surface area contributed by atoms with E-state index in [1.165, 1.54) is 56.1 Å². The molecule has 3 saturated carbocycles. The van der Waals surface area contributed by atoms with Crippen LogP contribution in [-0.4, -0.2) is 29.3 Å². The molecule has 206 valence electrons. The topological polar surface area (TPSA) is 47.4 Å². The Morgan fingerprint density at radius 2 is 1.74 bits per heavy atom. The highest BCUT2D eigenvalue weighted by Crippen LogP contribution is 2.39. The largest absolute Gasteiger partial charge is 0.496 e. The average Bonchev–Trinajstić information content (AvgIpc) is 3.72. The third kappa shape index (κ3) is 5.92. The summed E-state index contributed by atoms with van der Waals surface area (Å²) in [5.74, 6) is 2.60. The molecule has 1 amide bonds. The molecule has 0 bridgehead atoms. The molecular weight excluding hydrogens is 482 g/mol. The first-order chi connectivity index (χ1) is 19.1. The van der Waals surface area contributed by atoms with E-state index in [0.29, 0.717) is 23.8 Å². The minimum Gasteiger partial charge on any atom is -0.496 e. The van der Waals surface area contributed by atoms with Gasteiger partial charge in [-0.1, -0.05) is 43.5 Å². The maximum atomic E-state index is 14.0. The Bertz CT molecular complexity index is 1280. The molecule has 6 rings (SSSR count). The number of amides is 1. The second kappa shape index (κ2) is 11.6. The number of rotatable bonds is 8. The SMILES string of the molecule is COc1ccc(C2CCC(CN(C(=O)C3CCCCC3)c3cccc(-c4cnn(C5CC5)c4)c3)CC2)cc1C. The Labute approximate surface area is 233 Å². The highest BCUT2D eigenvalue weighted by Gasteiger charge is 2.31.